The van der Waals surface area contributed by atoms with Crippen LogP contribution in [0.15, 0.2) is 54.6 Å². The van der Waals surface area contributed by atoms with E-state index in [0.29, 0.717) is 0 Å². The predicted octanol–water partition coefficient (Wildman–Crippen LogP) is 4.11. The van der Waals surface area contributed by atoms with E-state index in [9.17, 15) is 14.3 Å². The third kappa shape index (κ3) is 6.04. The standard InChI is InChI=1S/C22H26FNO4/c23-20-9-5-4-8-19(20)21(25)15-27-18-12-10-17(11-13-18)24-22(26)28-14-16-6-2-1-3-7-16/h1-9,17-18,21,25H,10-15H2,(H,24,26)/t17?,18?,21-/m1/s1. The SMILES string of the molecule is O=C(NC1CCC(OC[C@@H](O)c2ccccc2F)CC1)OCc1ccccc1. The van der Waals surface area contributed by atoms with E-state index in [1.807, 2.05) is 30.3 Å². The summed E-state index contributed by atoms with van der Waals surface area (Å²) in [6.45, 7) is 0.307. The summed E-state index contributed by atoms with van der Waals surface area (Å²) in [5.74, 6) is -0.430. The average molecular weight is 387 g/mol. The Labute approximate surface area is 164 Å². The first-order valence-electron chi connectivity index (χ1n) is 9.63. The monoisotopic (exact) mass is 387 g/mol. The van der Waals surface area contributed by atoms with Gasteiger partial charge in [0.2, 0.25) is 0 Å². The second kappa shape index (κ2) is 10.2. The Balaban J connectivity index is 1.34. The van der Waals surface area contributed by atoms with Crippen molar-refractivity contribution in [2.24, 2.45) is 0 Å². The molecule has 0 radical (unpaired) electrons. The number of halogens is 1. The van der Waals surface area contributed by atoms with Gasteiger partial charge >= 0.3 is 6.09 Å². The summed E-state index contributed by atoms with van der Waals surface area (Å²) < 4.78 is 24.7. The largest absolute Gasteiger partial charge is 0.445 e. The molecule has 3 rings (SSSR count). The lowest BCUT2D eigenvalue weighted by Gasteiger charge is -2.29. The maximum atomic E-state index is 13.7. The molecule has 1 aliphatic rings. The summed E-state index contributed by atoms with van der Waals surface area (Å²) in [5.41, 5.74) is 1.20. The normalized spacial score (nSPS) is 20.4. The lowest BCUT2D eigenvalue weighted by atomic mass is 9.93. The number of carbonyl (C=O) groups excluding carboxylic acids is 1. The molecule has 1 amide bonds. The highest BCUT2D eigenvalue weighted by Crippen LogP contribution is 2.24. The zero-order chi connectivity index (χ0) is 19.8. The molecule has 5 nitrogen and oxygen atoms in total. The van der Waals surface area contributed by atoms with Gasteiger partial charge in [-0.3, -0.25) is 0 Å². The Morgan fingerprint density at radius 3 is 2.46 bits per heavy atom. The molecular weight excluding hydrogens is 361 g/mol. The molecule has 0 heterocycles. The van der Waals surface area contributed by atoms with Crippen LogP contribution < -0.4 is 5.32 Å². The van der Waals surface area contributed by atoms with Crippen molar-refractivity contribution in [3.05, 3.63) is 71.5 Å². The van der Waals surface area contributed by atoms with Gasteiger partial charge in [0.25, 0.3) is 0 Å². The molecule has 0 bridgehead atoms. The Morgan fingerprint density at radius 2 is 1.75 bits per heavy atom. The second-order valence-corrected chi connectivity index (χ2v) is 7.05. The van der Waals surface area contributed by atoms with Gasteiger partial charge in [-0.1, -0.05) is 48.5 Å². The fourth-order valence-electron chi connectivity index (χ4n) is 3.37. The van der Waals surface area contributed by atoms with Gasteiger partial charge in [0, 0.05) is 11.6 Å². The van der Waals surface area contributed by atoms with Crippen LogP contribution in [0.4, 0.5) is 9.18 Å². The minimum absolute atomic E-state index is 0.000173. The Bertz CT molecular complexity index is 747. The summed E-state index contributed by atoms with van der Waals surface area (Å²) in [4.78, 5) is 11.9. The van der Waals surface area contributed by atoms with Gasteiger partial charge in [0.1, 0.15) is 18.5 Å². The first-order chi connectivity index (χ1) is 13.6. The molecule has 1 fully saturated rings. The van der Waals surface area contributed by atoms with Crippen LogP contribution in [0.1, 0.15) is 42.9 Å². The van der Waals surface area contributed by atoms with Crippen molar-refractivity contribution in [3.63, 3.8) is 0 Å². The van der Waals surface area contributed by atoms with Crippen LogP contribution in [-0.4, -0.2) is 30.0 Å². The number of ether oxygens (including phenoxy) is 2. The van der Waals surface area contributed by atoms with Crippen LogP contribution in [0.3, 0.4) is 0 Å². The van der Waals surface area contributed by atoms with E-state index in [1.54, 1.807) is 18.2 Å². The van der Waals surface area contributed by atoms with Crippen molar-refractivity contribution >= 4 is 6.09 Å². The molecule has 6 heteroatoms. The van der Waals surface area contributed by atoms with Crippen molar-refractivity contribution in [2.75, 3.05) is 6.61 Å². The van der Waals surface area contributed by atoms with E-state index in [2.05, 4.69) is 5.32 Å². The number of alkyl carbamates (subject to hydrolysis) is 1. The molecule has 1 saturated carbocycles. The Morgan fingerprint density at radius 1 is 1.07 bits per heavy atom. The quantitative estimate of drug-likeness (QED) is 0.750. The van der Waals surface area contributed by atoms with Crippen molar-refractivity contribution < 1.29 is 23.8 Å². The molecular formula is C22H26FNO4. The molecule has 0 aliphatic heterocycles. The van der Waals surface area contributed by atoms with Gasteiger partial charge in [0.15, 0.2) is 0 Å². The van der Waals surface area contributed by atoms with Crippen LogP contribution in [0.25, 0.3) is 0 Å². The highest BCUT2D eigenvalue weighted by Gasteiger charge is 2.24. The maximum absolute atomic E-state index is 13.7. The summed E-state index contributed by atoms with van der Waals surface area (Å²) >= 11 is 0. The molecule has 2 N–H and O–H groups in total. The van der Waals surface area contributed by atoms with Crippen LogP contribution >= 0.6 is 0 Å². The fraction of sp³-hybridized carbons (Fsp3) is 0.409. The Hall–Kier alpha value is -2.44. The zero-order valence-electron chi connectivity index (χ0n) is 15.7. The van der Waals surface area contributed by atoms with E-state index < -0.39 is 18.0 Å². The van der Waals surface area contributed by atoms with E-state index in [1.165, 1.54) is 6.07 Å². The third-order valence-corrected chi connectivity index (χ3v) is 4.96. The highest BCUT2D eigenvalue weighted by atomic mass is 19.1. The van der Waals surface area contributed by atoms with Gasteiger partial charge in [-0.15, -0.1) is 0 Å². The second-order valence-electron chi connectivity index (χ2n) is 7.05. The van der Waals surface area contributed by atoms with Gasteiger partial charge in [-0.25, -0.2) is 9.18 Å². The highest BCUT2D eigenvalue weighted by molar-refractivity contribution is 5.67. The van der Waals surface area contributed by atoms with Crippen LogP contribution in [0.2, 0.25) is 0 Å². The third-order valence-electron chi connectivity index (χ3n) is 4.96. The first-order valence-corrected chi connectivity index (χ1v) is 9.63. The topological polar surface area (TPSA) is 67.8 Å². The fourth-order valence-corrected chi connectivity index (χ4v) is 3.37. The number of benzene rings is 2. The van der Waals surface area contributed by atoms with E-state index in [-0.39, 0.29) is 30.9 Å². The van der Waals surface area contributed by atoms with Gasteiger partial charge in [0.05, 0.1) is 12.7 Å². The molecule has 150 valence electrons. The van der Waals surface area contributed by atoms with Gasteiger partial charge in [-0.2, -0.15) is 0 Å². The van der Waals surface area contributed by atoms with Crippen molar-refractivity contribution in [1.29, 1.82) is 0 Å². The number of nitrogens with one attached hydrogen (secondary N) is 1. The molecule has 1 aliphatic carbocycles. The molecule has 0 spiro atoms. The van der Waals surface area contributed by atoms with Crippen LogP contribution in [-0.2, 0) is 16.1 Å². The molecule has 0 aromatic heterocycles. The summed E-state index contributed by atoms with van der Waals surface area (Å²) in [5, 5.41) is 13.0. The van der Waals surface area contributed by atoms with Crippen molar-refractivity contribution in [1.82, 2.24) is 5.32 Å². The van der Waals surface area contributed by atoms with Crippen molar-refractivity contribution in [3.8, 4) is 0 Å². The molecule has 2 aromatic carbocycles. The van der Waals surface area contributed by atoms with E-state index in [4.69, 9.17) is 9.47 Å². The predicted molar refractivity (Wildman–Crippen MR) is 103 cm³/mol. The molecule has 1 atom stereocenters. The average Bonchev–Trinajstić information content (AvgIpc) is 2.72. The smallest absolute Gasteiger partial charge is 0.407 e. The number of carbonyl (C=O) groups is 1. The summed E-state index contributed by atoms with van der Waals surface area (Å²) in [7, 11) is 0. The number of rotatable bonds is 7. The summed E-state index contributed by atoms with van der Waals surface area (Å²) in [6.07, 6.45) is 1.70. The van der Waals surface area contributed by atoms with E-state index >= 15 is 0 Å². The lowest BCUT2D eigenvalue weighted by molar-refractivity contribution is -0.0286. The maximum Gasteiger partial charge on any atom is 0.407 e. The van der Waals surface area contributed by atoms with Crippen LogP contribution in [0, 0.1) is 5.82 Å². The lowest BCUT2D eigenvalue weighted by Crippen LogP contribution is -2.39. The molecule has 28 heavy (non-hydrogen) atoms. The van der Waals surface area contributed by atoms with Gasteiger partial charge in [-0.05, 0) is 37.3 Å². The Kier molecular flexibility index (Phi) is 7.39. The number of amides is 1. The number of hydrogen-bond acceptors (Lipinski definition) is 4. The first kappa shape index (κ1) is 20.3. The number of aliphatic hydroxyl groups excluding tert-OH is 1. The number of aliphatic hydroxyl groups is 1. The molecule has 2 aromatic rings. The van der Waals surface area contributed by atoms with Gasteiger partial charge < -0.3 is 19.9 Å². The minimum atomic E-state index is -0.981. The zero-order valence-corrected chi connectivity index (χ0v) is 15.7. The van der Waals surface area contributed by atoms with Crippen molar-refractivity contribution in [2.45, 2.75) is 50.5 Å². The number of hydrogen-bond donors (Lipinski definition) is 2. The van der Waals surface area contributed by atoms with Crippen LogP contribution in [0.5, 0.6) is 0 Å². The minimum Gasteiger partial charge on any atom is -0.445 e. The molecule has 0 saturated heterocycles. The molecule has 0 unspecified atom stereocenters. The summed E-state index contributed by atoms with van der Waals surface area (Å²) in [6, 6.07) is 15.8. The van der Waals surface area contributed by atoms with E-state index in [0.717, 1.165) is 31.2 Å².